The maximum absolute atomic E-state index is 13.1. The molecule has 0 saturated heterocycles. The zero-order valence-corrected chi connectivity index (χ0v) is 19.1. The lowest BCUT2D eigenvalue weighted by Gasteiger charge is -2.24. The third-order valence-corrected chi connectivity index (χ3v) is 6.91. The Morgan fingerprint density at radius 1 is 1.33 bits per heavy atom. The Morgan fingerprint density at radius 3 is 2.70 bits per heavy atom. The largest absolute Gasteiger partial charge is 0.489 e. The SMILES string of the molecule is CO[C@@H]1C[C@@H]2Oc3c(ccc(C(=O)O)c3C)CC[C@@H]2[C@H]1/C=C/C[C@@](C)(O)CCC(F)=C(F)F. The molecule has 1 fully saturated rings. The quantitative estimate of drug-likeness (QED) is 0.486. The van der Waals surface area contributed by atoms with Crippen LogP contribution in [0.15, 0.2) is 36.2 Å². The van der Waals surface area contributed by atoms with Gasteiger partial charge in [0.2, 0.25) is 0 Å². The topological polar surface area (TPSA) is 76.0 Å². The first-order chi connectivity index (χ1) is 15.5. The molecular formula is C25H31F3O5. The zero-order valence-electron chi connectivity index (χ0n) is 19.1. The van der Waals surface area contributed by atoms with Crippen molar-refractivity contribution in [1.29, 1.82) is 0 Å². The Labute approximate surface area is 191 Å². The van der Waals surface area contributed by atoms with Crippen molar-refractivity contribution < 1.29 is 37.7 Å². The van der Waals surface area contributed by atoms with E-state index in [0.717, 1.165) is 18.4 Å². The number of aryl methyl sites for hydroxylation is 1. The van der Waals surface area contributed by atoms with Gasteiger partial charge in [0.15, 0.2) is 5.83 Å². The number of hydrogen-bond acceptors (Lipinski definition) is 4. The number of ether oxygens (including phenoxy) is 2. The minimum absolute atomic E-state index is 0.0179. The maximum atomic E-state index is 13.1. The molecule has 5 nitrogen and oxygen atoms in total. The molecule has 0 bridgehead atoms. The lowest BCUT2D eigenvalue weighted by molar-refractivity contribution is 0.0514. The van der Waals surface area contributed by atoms with Crippen LogP contribution in [0.1, 0.15) is 60.5 Å². The number of carboxylic acids is 1. The summed E-state index contributed by atoms with van der Waals surface area (Å²) in [6, 6.07) is 3.43. The number of aromatic carboxylic acids is 1. The predicted octanol–water partition coefficient (Wildman–Crippen LogP) is 5.59. The van der Waals surface area contributed by atoms with E-state index in [1.807, 2.05) is 12.1 Å². The number of allylic oxidation sites excluding steroid dienone is 1. The van der Waals surface area contributed by atoms with Crippen LogP contribution in [0.25, 0.3) is 0 Å². The summed E-state index contributed by atoms with van der Waals surface area (Å²) in [6.45, 7) is 3.26. The second kappa shape index (κ2) is 10.3. The van der Waals surface area contributed by atoms with E-state index in [2.05, 4.69) is 0 Å². The van der Waals surface area contributed by atoms with E-state index in [-0.39, 0.29) is 42.4 Å². The van der Waals surface area contributed by atoms with Gasteiger partial charge in [0, 0.05) is 37.4 Å². The van der Waals surface area contributed by atoms with Crippen molar-refractivity contribution >= 4 is 5.97 Å². The van der Waals surface area contributed by atoms with Gasteiger partial charge in [-0.2, -0.15) is 8.78 Å². The van der Waals surface area contributed by atoms with Crippen LogP contribution in [0.5, 0.6) is 5.75 Å². The van der Waals surface area contributed by atoms with Gasteiger partial charge in [-0.3, -0.25) is 0 Å². The number of methoxy groups -OCH3 is 1. The minimum Gasteiger partial charge on any atom is -0.489 e. The molecule has 1 heterocycles. The molecule has 0 amide bonds. The van der Waals surface area contributed by atoms with E-state index in [0.29, 0.717) is 17.7 Å². The van der Waals surface area contributed by atoms with Crippen LogP contribution in [0.2, 0.25) is 0 Å². The number of fused-ring (bicyclic) bond motifs is 2. The molecule has 182 valence electrons. The number of carboxylic acid groups (broad SMARTS) is 1. The Morgan fingerprint density at radius 2 is 2.06 bits per heavy atom. The number of halogens is 3. The summed E-state index contributed by atoms with van der Waals surface area (Å²) >= 11 is 0. The van der Waals surface area contributed by atoms with E-state index < -0.39 is 29.9 Å². The molecule has 1 aliphatic heterocycles. The summed E-state index contributed by atoms with van der Waals surface area (Å²) < 4.78 is 49.7. The number of carbonyl (C=O) groups is 1. The highest BCUT2D eigenvalue weighted by Crippen LogP contribution is 2.44. The second-order valence-corrected chi connectivity index (χ2v) is 9.27. The van der Waals surface area contributed by atoms with Crippen LogP contribution in [-0.2, 0) is 11.2 Å². The van der Waals surface area contributed by atoms with Crippen molar-refractivity contribution in [2.24, 2.45) is 11.8 Å². The number of rotatable bonds is 8. The summed E-state index contributed by atoms with van der Waals surface area (Å²) in [7, 11) is 1.63. The first kappa shape index (κ1) is 25.3. The standard InChI is InChI=1S/C25H31F3O5/c1-14-16(24(29)30)8-6-15-7-9-18-17(20(32-3)13-21(18)33-22(14)15)5-4-11-25(2,31)12-10-19(26)23(27)28/h4-6,8,17-18,20-21,31H,7,9-13H2,1-3H3,(H,29,30)/b5-4+/t17-,18-,20-,21+,25-/m1/s1. The molecule has 0 unspecified atom stereocenters. The van der Waals surface area contributed by atoms with Gasteiger partial charge in [-0.05, 0) is 51.2 Å². The van der Waals surface area contributed by atoms with E-state index in [1.165, 1.54) is 6.92 Å². The highest BCUT2D eigenvalue weighted by Gasteiger charge is 2.45. The molecule has 1 aromatic rings. The third kappa shape index (κ3) is 5.79. The van der Waals surface area contributed by atoms with Gasteiger partial charge in [-0.1, -0.05) is 18.2 Å². The van der Waals surface area contributed by atoms with Gasteiger partial charge in [0.1, 0.15) is 11.9 Å². The van der Waals surface area contributed by atoms with Gasteiger partial charge in [0.25, 0.3) is 0 Å². The van der Waals surface area contributed by atoms with Crippen LogP contribution in [0, 0.1) is 18.8 Å². The molecule has 3 rings (SSSR count). The molecule has 2 N–H and O–H groups in total. The molecule has 1 saturated carbocycles. The molecule has 8 heteroatoms. The second-order valence-electron chi connectivity index (χ2n) is 9.27. The van der Waals surface area contributed by atoms with Crippen molar-refractivity contribution in [3.05, 3.63) is 52.9 Å². The highest BCUT2D eigenvalue weighted by atomic mass is 19.3. The van der Waals surface area contributed by atoms with E-state index in [9.17, 15) is 28.2 Å². The zero-order chi connectivity index (χ0) is 24.3. The Bertz CT molecular complexity index is 936. The van der Waals surface area contributed by atoms with Crippen molar-refractivity contribution in [3.63, 3.8) is 0 Å². The Balaban J connectivity index is 1.72. The summed E-state index contributed by atoms with van der Waals surface area (Å²) in [5.41, 5.74) is 0.521. The Hall–Kier alpha value is -2.32. The van der Waals surface area contributed by atoms with Gasteiger partial charge >= 0.3 is 12.0 Å². The summed E-state index contributed by atoms with van der Waals surface area (Å²) in [5, 5.41) is 19.9. The monoisotopic (exact) mass is 468 g/mol. The van der Waals surface area contributed by atoms with Crippen molar-refractivity contribution in [2.75, 3.05) is 7.11 Å². The predicted molar refractivity (Wildman–Crippen MR) is 117 cm³/mol. The van der Waals surface area contributed by atoms with Gasteiger partial charge in [-0.15, -0.1) is 0 Å². The smallest absolute Gasteiger partial charge is 0.336 e. The van der Waals surface area contributed by atoms with Crippen molar-refractivity contribution in [1.82, 2.24) is 0 Å². The first-order valence-corrected chi connectivity index (χ1v) is 11.2. The molecule has 0 spiro atoms. The van der Waals surface area contributed by atoms with E-state index >= 15 is 0 Å². The lowest BCUT2D eigenvalue weighted by atomic mass is 9.87. The molecule has 1 aliphatic carbocycles. The van der Waals surface area contributed by atoms with Crippen LogP contribution in [0.4, 0.5) is 13.2 Å². The summed E-state index contributed by atoms with van der Waals surface area (Å²) in [5.74, 6) is -1.69. The fraction of sp³-hybridized carbons (Fsp3) is 0.560. The average molecular weight is 469 g/mol. The van der Waals surface area contributed by atoms with E-state index in [4.69, 9.17) is 9.47 Å². The maximum Gasteiger partial charge on any atom is 0.336 e. The van der Waals surface area contributed by atoms with Gasteiger partial charge in [-0.25, -0.2) is 9.18 Å². The van der Waals surface area contributed by atoms with Crippen LogP contribution in [-0.4, -0.2) is 41.1 Å². The molecular weight excluding hydrogens is 437 g/mol. The molecule has 0 radical (unpaired) electrons. The number of aliphatic hydroxyl groups is 1. The fourth-order valence-electron chi connectivity index (χ4n) is 4.99. The van der Waals surface area contributed by atoms with Crippen molar-refractivity contribution in [3.8, 4) is 5.75 Å². The minimum atomic E-state index is -2.35. The normalized spacial score (nSPS) is 26.2. The summed E-state index contributed by atoms with van der Waals surface area (Å²) in [4.78, 5) is 11.5. The first-order valence-electron chi connectivity index (χ1n) is 11.2. The molecule has 0 aromatic heterocycles. The van der Waals surface area contributed by atoms with Gasteiger partial charge in [0.05, 0.1) is 17.3 Å². The molecule has 5 atom stereocenters. The van der Waals surface area contributed by atoms with Crippen molar-refractivity contribution in [2.45, 2.75) is 70.2 Å². The van der Waals surface area contributed by atoms with E-state index in [1.54, 1.807) is 26.2 Å². The van der Waals surface area contributed by atoms with Crippen LogP contribution < -0.4 is 4.74 Å². The molecule has 2 aliphatic rings. The molecule has 1 aromatic carbocycles. The number of hydrogen-bond donors (Lipinski definition) is 2. The number of benzene rings is 1. The summed E-state index contributed by atoms with van der Waals surface area (Å²) in [6.07, 6.45) is 2.99. The molecule has 33 heavy (non-hydrogen) atoms. The lowest BCUT2D eigenvalue weighted by Crippen LogP contribution is -2.25. The fourth-order valence-corrected chi connectivity index (χ4v) is 4.99. The Kier molecular flexibility index (Phi) is 7.90. The average Bonchev–Trinajstić information content (AvgIpc) is 2.96. The highest BCUT2D eigenvalue weighted by molar-refractivity contribution is 5.90. The third-order valence-electron chi connectivity index (χ3n) is 6.91. The van der Waals surface area contributed by atoms with Gasteiger partial charge < -0.3 is 19.7 Å². The van der Waals surface area contributed by atoms with Crippen LogP contribution in [0.3, 0.4) is 0 Å². The van der Waals surface area contributed by atoms with Crippen LogP contribution >= 0.6 is 0 Å².